The topological polar surface area (TPSA) is 50.6 Å². The molecular weight excluding hydrogens is 266 g/mol. The number of hydrogen-bond donors (Lipinski definition) is 1. The highest BCUT2D eigenvalue weighted by Crippen LogP contribution is 2.07. The van der Waals surface area contributed by atoms with Crippen LogP contribution in [0.5, 0.6) is 0 Å². The summed E-state index contributed by atoms with van der Waals surface area (Å²) in [5, 5.41) is 11.7. The van der Waals surface area contributed by atoms with Gasteiger partial charge in [0.1, 0.15) is 12.4 Å². The first-order chi connectivity index (χ1) is 8.72. The van der Waals surface area contributed by atoms with Crippen LogP contribution in [0.15, 0.2) is 17.5 Å². The van der Waals surface area contributed by atoms with Crippen LogP contribution >= 0.6 is 0 Å². The summed E-state index contributed by atoms with van der Waals surface area (Å²) in [5.41, 5.74) is 0. The highest BCUT2D eigenvalue weighted by molar-refractivity contribution is 5.72. The Bertz CT molecular complexity index is 438. The third-order valence-corrected chi connectivity index (χ3v) is 2.70. The fourth-order valence-corrected chi connectivity index (χ4v) is 1.75. The van der Waals surface area contributed by atoms with Gasteiger partial charge >= 0.3 is 5.82 Å². The van der Waals surface area contributed by atoms with E-state index in [9.17, 15) is 0 Å². The summed E-state index contributed by atoms with van der Waals surface area (Å²) >= 11 is 0. The molecule has 0 aliphatic carbocycles. The largest absolute Gasteiger partial charge is 1.00 e. The lowest BCUT2D eigenvalue weighted by atomic mass is 10.1. The number of oxime groups is 1. The van der Waals surface area contributed by atoms with Gasteiger partial charge in [-0.15, -0.1) is 12.3 Å². The molecular formula is C13H20ClN3O2. The molecule has 0 fully saturated rings. The van der Waals surface area contributed by atoms with Gasteiger partial charge in [-0.1, -0.05) is 18.5 Å². The Morgan fingerprint density at radius 1 is 1.68 bits per heavy atom. The number of terminal acetylenes is 1. The molecule has 1 aromatic rings. The first-order valence-electron chi connectivity index (χ1n) is 6.00. The SMILES string of the molecule is C#CCC(CCC)OCn1cc[n+](C)c1/C=N/O.[Cl-]. The van der Waals surface area contributed by atoms with Crippen molar-refractivity contribution in [3.05, 3.63) is 18.2 Å². The van der Waals surface area contributed by atoms with Gasteiger partial charge in [0.25, 0.3) is 0 Å². The monoisotopic (exact) mass is 285 g/mol. The summed E-state index contributed by atoms with van der Waals surface area (Å²) in [4.78, 5) is 0. The maximum Gasteiger partial charge on any atom is 0.305 e. The fourth-order valence-electron chi connectivity index (χ4n) is 1.75. The number of imidazole rings is 1. The molecule has 6 heteroatoms. The number of hydrogen-bond acceptors (Lipinski definition) is 3. The number of ether oxygens (including phenoxy) is 1. The van der Waals surface area contributed by atoms with Gasteiger partial charge in [0.15, 0.2) is 12.9 Å². The Morgan fingerprint density at radius 3 is 3.00 bits per heavy atom. The van der Waals surface area contributed by atoms with Crippen LogP contribution in [0.25, 0.3) is 0 Å². The molecule has 0 aliphatic rings. The van der Waals surface area contributed by atoms with Gasteiger partial charge in [-0.3, -0.25) is 0 Å². The average molecular weight is 286 g/mol. The molecule has 1 heterocycles. The number of aryl methyl sites for hydroxylation is 1. The third-order valence-electron chi connectivity index (χ3n) is 2.70. The van der Waals surface area contributed by atoms with Crippen molar-refractivity contribution in [3.63, 3.8) is 0 Å². The van der Waals surface area contributed by atoms with Crippen LogP contribution in [0.2, 0.25) is 0 Å². The Labute approximate surface area is 120 Å². The Balaban J connectivity index is 0.00000324. The molecule has 0 spiro atoms. The molecule has 1 unspecified atom stereocenters. The first-order valence-corrected chi connectivity index (χ1v) is 6.00. The van der Waals surface area contributed by atoms with Crippen LogP contribution in [0, 0.1) is 12.3 Å². The zero-order valence-electron chi connectivity index (χ0n) is 11.3. The van der Waals surface area contributed by atoms with Gasteiger partial charge in [0.2, 0.25) is 0 Å². The van der Waals surface area contributed by atoms with E-state index in [-0.39, 0.29) is 18.5 Å². The van der Waals surface area contributed by atoms with Crippen molar-refractivity contribution in [1.29, 1.82) is 0 Å². The molecule has 0 aliphatic heterocycles. The van der Waals surface area contributed by atoms with E-state index in [2.05, 4.69) is 18.0 Å². The number of rotatable bonds is 7. The lowest BCUT2D eigenvalue weighted by Gasteiger charge is -2.13. The standard InChI is InChI=1S/C13H19N3O2.ClH/c1-4-6-12(7-5-2)18-11-16-9-8-15(3)13(16)10-14-17;/h1,8-10,12H,5-7,11H2,2-3H3;1H. The lowest BCUT2D eigenvalue weighted by Crippen LogP contribution is -3.00. The number of halogens is 1. The van der Waals surface area contributed by atoms with Crippen LogP contribution in [-0.4, -0.2) is 22.1 Å². The molecule has 0 aromatic carbocycles. The van der Waals surface area contributed by atoms with Gasteiger partial charge < -0.3 is 22.4 Å². The van der Waals surface area contributed by atoms with Gasteiger partial charge in [0, 0.05) is 6.42 Å². The maximum atomic E-state index is 8.61. The third kappa shape index (κ3) is 5.33. The minimum atomic E-state index is 0. The summed E-state index contributed by atoms with van der Waals surface area (Å²) in [6.45, 7) is 2.50. The van der Waals surface area contributed by atoms with Crippen molar-refractivity contribution in [2.45, 2.75) is 39.0 Å². The normalized spacial score (nSPS) is 12.1. The van der Waals surface area contributed by atoms with E-state index in [4.69, 9.17) is 16.4 Å². The van der Waals surface area contributed by atoms with Crippen LogP contribution < -0.4 is 17.0 Å². The summed E-state index contributed by atoms with van der Waals surface area (Å²) in [5.74, 6) is 3.39. The highest BCUT2D eigenvalue weighted by Gasteiger charge is 2.14. The molecule has 5 nitrogen and oxygen atoms in total. The molecule has 1 aromatic heterocycles. The summed E-state index contributed by atoms with van der Waals surface area (Å²) < 4.78 is 9.48. The van der Waals surface area contributed by atoms with E-state index < -0.39 is 0 Å². The second-order valence-corrected chi connectivity index (χ2v) is 4.10. The lowest BCUT2D eigenvalue weighted by molar-refractivity contribution is -0.672. The molecule has 1 rings (SSSR count). The molecule has 0 saturated heterocycles. The van der Waals surface area contributed by atoms with Crippen LogP contribution in [0.3, 0.4) is 0 Å². The predicted molar refractivity (Wildman–Crippen MR) is 68.2 cm³/mol. The van der Waals surface area contributed by atoms with Crippen LogP contribution in [0.4, 0.5) is 0 Å². The molecule has 0 bridgehead atoms. The summed E-state index contributed by atoms with van der Waals surface area (Å²) in [7, 11) is 1.87. The zero-order chi connectivity index (χ0) is 13.4. The van der Waals surface area contributed by atoms with Crippen LogP contribution in [-0.2, 0) is 18.5 Å². The Kier molecular flexibility index (Phi) is 8.68. The van der Waals surface area contributed by atoms with Gasteiger partial charge in [-0.25, -0.2) is 9.13 Å². The van der Waals surface area contributed by atoms with E-state index in [1.165, 1.54) is 6.21 Å². The second kappa shape index (κ2) is 9.42. The summed E-state index contributed by atoms with van der Waals surface area (Å²) in [6.07, 6.45) is 13.1. The van der Waals surface area contributed by atoms with Crippen molar-refractivity contribution < 1.29 is 26.9 Å². The number of aromatic nitrogens is 2. The second-order valence-electron chi connectivity index (χ2n) is 4.10. The van der Waals surface area contributed by atoms with Gasteiger partial charge in [-0.2, -0.15) is 0 Å². The van der Waals surface area contributed by atoms with Crippen molar-refractivity contribution >= 4 is 6.21 Å². The first kappa shape index (κ1) is 17.5. The zero-order valence-corrected chi connectivity index (χ0v) is 12.0. The van der Waals surface area contributed by atoms with Gasteiger partial charge in [-0.05, 0) is 6.42 Å². The quantitative estimate of drug-likeness (QED) is 0.213. The molecule has 106 valence electrons. The van der Waals surface area contributed by atoms with E-state index in [1.54, 1.807) is 0 Å². The van der Waals surface area contributed by atoms with Gasteiger partial charge in [0.05, 0.1) is 13.2 Å². The van der Waals surface area contributed by atoms with Crippen molar-refractivity contribution in [1.82, 2.24) is 4.57 Å². The number of nitrogens with zero attached hydrogens (tertiary/aromatic N) is 3. The maximum absolute atomic E-state index is 8.61. The molecule has 19 heavy (non-hydrogen) atoms. The Hall–Kier alpha value is -1.51. The average Bonchev–Trinajstić information content (AvgIpc) is 2.69. The van der Waals surface area contributed by atoms with E-state index >= 15 is 0 Å². The summed E-state index contributed by atoms with van der Waals surface area (Å²) in [6, 6.07) is 0. The molecule has 0 saturated carbocycles. The Morgan fingerprint density at radius 2 is 2.42 bits per heavy atom. The van der Waals surface area contributed by atoms with Crippen LogP contribution in [0.1, 0.15) is 32.0 Å². The molecule has 1 N–H and O–H groups in total. The van der Waals surface area contributed by atoms with Crippen molar-refractivity contribution in [2.24, 2.45) is 12.2 Å². The fraction of sp³-hybridized carbons (Fsp3) is 0.538. The minimum absolute atomic E-state index is 0. The predicted octanol–water partition coefficient (Wildman–Crippen LogP) is -1.71. The van der Waals surface area contributed by atoms with Crippen molar-refractivity contribution in [2.75, 3.05) is 0 Å². The highest BCUT2D eigenvalue weighted by atomic mass is 35.5. The van der Waals surface area contributed by atoms with E-state index in [0.29, 0.717) is 13.2 Å². The van der Waals surface area contributed by atoms with E-state index in [0.717, 1.165) is 18.7 Å². The molecule has 0 amide bonds. The molecule has 0 radical (unpaired) electrons. The smallest absolute Gasteiger partial charge is 0.305 e. The van der Waals surface area contributed by atoms with Crippen molar-refractivity contribution in [3.8, 4) is 12.3 Å². The van der Waals surface area contributed by atoms with E-state index in [1.807, 2.05) is 28.6 Å². The minimum Gasteiger partial charge on any atom is -1.00 e. The molecule has 1 atom stereocenters.